The first kappa shape index (κ1) is 20.0. The van der Waals surface area contributed by atoms with Crippen molar-refractivity contribution in [2.24, 2.45) is 0 Å². The zero-order valence-electron chi connectivity index (χ0n) is 17.3. The summed E-state index contributed by atoms with van der Waals surface area (Å²) in [7, 11) is 0. The van der Waals surface area contributed by atoms with Gasteiger partial charge in [0.1, 0.15) is 6.61 Å². The standard InChI is InChI=1S/C23H22N4O5/c28-21(13-17-15-5-1-2-6-16(15)22(29)25-24-17)26-9-11-27(12-10-26)23(30)20-14-31-18-7-3-4-8-19(18)32-20/h1-8,20H,9-14H2,(H,25,29)/t20-/m1/s1. The summed E-state index contributed by atoms with van der Waals surface area (Å²) in [6.07, 6.45) is -0.606. The molecular formula is C23H22N4O5. The fraction of sp³-hybridized carbons (Fsp3) is 0.304. The number of rotatable bonds is 3. The maximum absolute atomic E-state index is 12.9. The molecule has 1 aromatic heterocycles. The molecule has 2 aliphatic rings. The van der Waals surface area contributed by atoms with E-state index in [0.717, 1.165) is 0 Å². The minimum atomic E-state index is -0.691. The largest absolute Gasteiger partial charge is 0.485 e. The predicted octanol–water partition coefficient (Wildman–Crippen LogP) is 0.976. The van der Waals surface area contributed by atoms with Crippen molar-refractivity contribution in [3.63, 3.8) is 0 Å². The van der Waals surface area contributed by atoms with Crippen LogP contribution < -0.4 is 15.0 Å². The van der Waals surface area contributed by atoms with Crippen LogP contribution in [-0.2, 0) is 16.0 Å². The van der Waals surface area contributed by atoms with Gasteiger partial charge in [0.25, 0.3) is 11.5 Å². The molecule has 1 saturated heterocycles. The second-order valence-electron chi connectivity index (χ2n) is 7.79. The van der Waals surface area contributed by atoms with Crippen LogP contribution in [0.4, 0.5) is 0 Å². The topological polar surface area (TPSA) is 105 Å². The Bertz CT molecular complexity index is 1230. The molecular weight excluding hydrogens is 412 g/mol. The number of hydrogen-bond donors (Lipinski definition) is 1. The third-order valence-corrected chi connectivity index (χ3v) is 5.82. The summed E-state index contributed by atoms with van der Waals surface area (Å²) in [4.78, 5) is 41.1. The highest BCUT2D eigenvalue weighted by atomic mass is 16.6. The summed E-state index contributed by atoms with van der Waals surface area (Å²) in [5.41, 5.74) is 0.260. The molecule has 3 aromatic rings. The first-order valence-electron chi connectivity index (χ1n) is 10.5. The van der Waals surface area contributed by atoms with Gasteiger partial charge >= 0.3 is 0 Å². The van der Waals surface area contributed by atoms with Gasteiger partial charge in [-0.05, 0) is 18.2 Å². The fourth-order valence-electron chi connectivity index (χ4n) is 4.08. The molecule has 164 valence electrons. The van der Waals surface area contributed by atoms with E-state index in [1.54, 1.807) is 40.1 Å². The van der Waals surface area contributed by atoms with Gasteiger partial charge in [-0.15, -0.1) is 0 Å². The number of ether oxygens (including phenoxy) is 2. The maximum Gasteiger partial charge on any atom is 0.272 e. The summed E-state index contributed by atoms with van der Waals surface area (Å²) in [6, 6.07) is 14.4. The predicted molar refractivity (Wildman–Crippen MR) is 116 cm³/mol. The second-order valence-corrected chi connectivity index (χ2v) is 7.79. The SMILES string of the molecule is O=C(Cc1n[nH]c(=O)c2ccccc12)N1CCN(C(=O)[C@H]2COc3ccccc3O2)CC1. The number of amides is 2. The van der Waals surface area contributed by atoms with Gasteiger partial charge in [0.05, 0.1) is 17.5 Å². The first-order valence-corrected chi connectivity index (χ1v) is 10.5. The number of aromatic amines is 1. The Morgan fingerprint density at radius 1 is 0.938 bits per heavy atom. The van der Waals surface area contributed by atoms with Crippen LogP contribution in [0.3, 0.4) is 0 Å². The van der Waals surface area contributed by atoms with Crippen LogP contribution in [0.15, 0.2) is 53.3 Å². The molecule has 1 N–H and O–H groups in total. The zero-order chi connectivity index (χ0) is 22.1. The number of aromatic nitrogens is 2. The van der Waals surface area contributed by atoms with Gasteiger partial charge in [0.2, 0.25) is 12.0 Å². The summed E-state index contributed by atoms with van der Waals surface area (Å²) in [5, 5.41) is 7.73. The van der Waals surface area contributed by atoms with Crippen molar-refractivity contribution in [3.05, 3.63) is 64.6 Å². The molecule has 0 spiro atoms. The lowest BCUT2D eigenvalue weighted by atomic mass is 10.1. The van der Waals surface area contributed by atoms with Crippen molar-refractivity contribution in [2.45, 2.75) is 12.5 Å². The highest BCUT2D eigenvalue weighted by Gasteiger charge is 2.33. The molecule has 0 radical (unpaired) electrons. The molecule has 5 rings (SSSR count). The Morgan fingerprint density at radius 2 is 1.59 bits per heavy atom. The first-order chi connectivity index (χ1) is 15.6. The number of carbonyl (C=O) groups is 2. The van der Waals surface area contributed by atoms with Crippen LogP contribution in [0.5, 0.6) is 11.5 Å². The summed E-state index contributed by atoms with van der Waals surface area (Å²) < 4.78 is 11.5. The van der Waals surface area contributed by atoms with Gasteiger partial charge < -0.3 is 19.3 Å². The highest BCUT2D eigenvalue weighted by Crippen LogP contribution is 2.31. The van der Waals surface area contributed by atoms with Gasteiger partial charge in [-0.1, -0.05) is 30.3 Å². The minimum absolute atomic E-state index is 0.0849. The van der Waals surface area contributed by atoms with Crippen molar-refractivity contribution >= 4 is 22.6 Å². The third kappa shape index (κ3) is 3.77. The zero-order valence-corrected chi connectivity index (χ0v) is 17.3. The molecule has 2 aromatic carbocycles. The average molecular weight is 434 g/mol. The van der Waals surface area contributed by atoms with E-state index in [-0.39, 0.29) is 30.4 Å². The molecule has 9 heteroatoms. The molecule has 1 atom stereocenters. The monoisotopic (exact) mass is 434 g/mol. The Labute approximate surface area is 183 Å². The van der Waals surface area contributed by atoms with Crippen LogP contribution in [0, 0.1) is 0 Å². The van der Waals surface area contributed by atoms with E-state index < -0.39 is 6.10 Å². The quantitative estimate of drug-likeness (QED) is 0.659. The second kappa shape index (κ2) is 8.33. The van der Waals surface area contributed by atoms with E-state index in [9.17, 15) is 14.4 Å². The van der Waals surface area contributed by atoms with Crippen molar-refractivity contribution in [3.8, 4) is 11.5 Å². The molecule has 9 nitrogen and oxygen atoms in total. The highest BCUT2D eigenvalue weighted by molar-refractivity contribution is 5.88. The molecule has 32 heavy (non-hydrogen) atoms. The molecule has 2 amide bonds. The number of hydrogen-bond acceptors (Lipinski definition) is 6. The van der Waals surface area contributed by atoms with Gasteiger partial charge in [0.15, 0.2) is 11.5 Å². The van der Waals surface area contributed by atoms with Crippen LogP contribution in [-0.4, -0.2) is 70.7 Å². The van der Waals surface area contributed by atoms with Crippen LogP contribution in [0.25, 0.3) is 10.8 Å². The molecule has 0 bridgehead atoms. The number of nitrogens with one attached hydrogen (secondary N) is 1. The third-order valence-electron chi connectivity index (χ3n) is 5.82. The molecule has 2 aliphatic heterocycles. The lowest BCUT2D eigenvalue weighted by molar-refractivity contribution is -0.146. The van der Waals surface area contributed by atoms with Crippen LogP contribution in [0.1, 0.15) is 5.69 Å². The minimum Gasteiger partial charge on any atom is -0.485 e. The molecule has 0 unspecified atom stereocenters. The van der Waals surface area contributed by atoms with Crippen molar-refractivity contribution in [2.75, 3.05) is 32.8 Å². The summed E-state index contributed by atoms with van der Waals surface area (Å²) in [6.45, 7) is 1.86. The molecule has 1 fully saturated rings. The van der Waals surface area contributed by atoms with E-state index in [4.69, 9.17) is 9.47 Å². The average Bonchev–Trinajstić information content (AvgIpc) is 2.85. The van der Waals surface area contributed by atoms with E-state index in [0.29, 0.717) is 54.1 Å². The number of para-hydroxylation sites is 2. The van der Waals surface area contributed by atoms with Crippen molar-refractivity contribution in [1.82, 2.24) is 20.0 Å². The number of benzene rings is 2. The molecule has 3 heterocycles. The molecule has 0 aliphatic carbocycles. The number of H-pyrrole nitrogens is 1. The smallest absolute Gasteiger partial charge is 0.272 e. The van der Waals surface area contributed by atoms with Crippen molar-refractivity contribution < 1.29 is 19.1 Å². The fourth-order valence-corrected chi connectivity index (χ4v) is 4.08. The van der Waals surface area contributed by atoms with Crippen molar-refractivity contribution in [1.29, 1.82) is 0 Å². The van der Waals surface area contributed by atoms with E-state index in [1.165, 1.54) is 0 Å². The van der Waals surface area contributed by atoms with Crippen LogP contribution in [0.2, 0.25) is 0 Å². The van der Waals surface area contributed by atoms with E-state index >= 15 is 0 Å². The Kier molecular flexibility index (Phi) is 5.22. The maximum atomic E-state index is 12.9. The lowest BCUT2D eigenvalue weighted by Gasteiger charge is -2.37. The Morgan fingerprint density at radius 3 is 2.38 bits per heavy atom. The van der Waals surface area contributed by atoms with E-state index in [2.05, 4.69) is 10.2 Å². The Hall–Kier alpha value is -3.88. The normalized spacial score (nSPS) is 17.9. The number of piperazine rings is 1. The number of fused-ring (bicyclic) bond motifs is 2. The number of carbonyl (C=O) groups excluding carboxylic acids is 2. The number of nitrogens with zero attached hydrogens (tertiary/aromatic N) is 3. The van der Waals surface area contributed by atoms with Gasteiger partial charge in [-0.2, -0.15) is 5.10 Å². The van der Waals surface area contributed by atoms with Crippen LogP contribution >= 0.6 is 0 Å². The molecule has 0 saturated carbocycles. The summed E-state index contributed by atoms with van der Waals surface area (Å²) in [5.74, 6) is 0.967. The van der Waals surface area contributed by atoms with Gasteiger partial charge in [-0.3, -0.25) is 14.4 Å². The summed E-state index contributed by atoms with van der Waals surface area (Å²) >= 11 is 0. The van der Waals surface area contributed by atoms with Gasteiger partial charge in [-0.25, -0.2) is 5.10 Å². The van der Waals surface area contributed by atoms with E-state index in [1.807, 2.05) is 18.2 Å². The Balaban J connectivity index is 1.20. The lowest BCUT2D eigenvalue weighted by Crippen LogP contribution is -2.55. The van der Waals surface area contributed by atoms with Gasteiger partial charge in [0, 0.05) is 31.6 Å².